The lowest BCUT2D eigenvalue weighted by Crippen LogP contribution is -2.38. The minimum absolute atomic E-state index is 0.103. The summed E-state index contributed by atoms with van der Waals surface area (Å²) in [7, 11) is 3.42. The van der Waals surface area contributed by atoms with Gasteiger partial charge in [0.15, 0.2) is 0 Å². The first-order valence-electron chi connectivity index (χ1n) is 4.45. The molecule has 0 N–H and O–H groups in total. The minimum atomic E-state index is -2.17. The van der Waals surface area contributed by atoms with Crippen molar-refractivity contribution in [3.05, 3.63) is 0 Å². The van der Waals surface area contributed by atoms with Crippen LogP contribution in [0.15, 0.2) is 0 Å². The molecule has 0 aliphatic rings. The highest BCUT2D eigenvalue weighted by Crippen LogP contribution is 2.02. The monoisotopic (exact) mass is 240 g/mol. The van der Waals surface area contributed by atoms with Crippen LogP contribution in [-0.4, -0.2) is 46.2 Å². The molecule has 0 rings (SSSR count). The fraction of sp³-hybridized carbons (Fsp3) is 1.00. The largest absolute Gasteiger partial charge is 0.496 e. The second-order valence-electron chi connectivity index (χ2n) is 3.79. The van der Waals surface area contributed by atoms with Gasteiger partial charge in [-0.15, -0.1) is 0 Å². The lowest BCUT2D eigenvalue weighted by molar-refractivity contribution is 0.132. The maximum Gasteiger partial charge on any atom is 0.496 e. The summed E-state index contributed by atoms with van der Waals surface area (Å²) in [6, 6.07) is 0. The summed E-state index contributed by atoms with van der Waals surface area (Å²) in [6.45, 7) is 7.99. The fourth-order valence-electron chi connectivity index (χ4n) is 0.250. The Morgan fingerprint density at radius 3 is 1.14 bits per heavy atom. The lowest BCUT2D eigenvalue weighted by Gasteiger charge is -2.18. The van der Waals surface area contributed by atoms with Gasteiger partial charge in [-0.1, -0.05) is 0 Å². The van der Waals surface area contributed by atoms with Crippen molar-refractivity contribution in [3.8, 4) is 0 Å². The van der Waals surface area contributed by atoms with Gasteiger partial charge in [0.2, 0.25) is 0 Å². The summed E-state index contributed by atoms with van der Waals surface area (Å²) in [6.07, 6.45) is 0. The van der Waals surface area contributed by atoms with Crippen LogP contribution < -0.4 is 0 Å². The van der Waals surface area contributed by atoms with Crippen molar-refractivity contribution < 1.29 is 17.7 Å². The van der Waals surface area contributed by atoms with Crippen LogP contribution in [0.25, 0.3) is 0 Å². The van der Waals surface area contributed by atoms with E-state index in [9.17, 15) is 0 Å². The highest BCUT2D eigenvalue weighted by atomic mass is 28.4. The Kier molecular flexibility index (Phi) is 9.00. The van der Waals surface area contributed by atoms with Gasteiger partial charge < -0.3 is 17.7 Å². The zero-order valence-corrected chi connectivity index (χ0v) is 13.6. The van der Waals surface area contributed by atoms with Crippen LogP contribution in [0.3, 0.4) is 0 Å². The first kappa shape index (κ1) is 16.7. The van der Waals surface area contributed by atoms with Gasteiger partial charge in [0, 0.05) is 33.5 Å². The summed E-state index contributed by atoms with van der Waals surface area (Å²) in [5.41, 5.74) is 0.103. The third-order valence-electron chi connectivity index (χ3n) is 1.72. The van der Waals surface area contributed by atoms with Gasteiger partial charge in [-0.05, 0) is 20.8 Å². The predicted molar refractivity (Wildman–Crippen MR) is 63.4 cm³/mol. The SMILES string of the molecule is CC(C)(C)O[SiH3].CO[Si](C)(OC)OC. The molecule has 0 aromatic rings. The third kappa shape index (κ3) is 10.4. The average Bonchev–Trinajstić information content (AvgIpc) is 2.16. The van der Waals surface area contributed by atoms with Crippen molar-refractivity contribution in [2.24, 2.45) is 0 Å². The molecule has 0 aromatic carbocycles. The first-order chi connectivity index (χ1) is 6.24. The second-order valence-corrected chi connectivity index (χ2v) is 7.15. The van der Waals surface area contributed by atoms with E-state index in [2.05, 4.69) is 20.8 Å². The highest BCUT2D eigenvalue weighted by molar-refractivity contribution is 6.58. The number of hydrogen-bond donors (Lipinski definition) is 0. The van der Waals surface area contributed by atoms with Crippen molar-refractivity contribution in [2.75, 3.05) is 21.3 Å². The van der Waals surface area contributed by atoms with Crippen LogP contribution in [0, 0.1) is 0 Å². The summed E-state index contributed by atoms with van der Waals surface area (Å²) in [5.74, 6) is 0. The zero-order chi connectivity index (χ0) is 11.8. The molecule has 0 aliphatic carbocycles. The maximum absolute atomic E-state index is 5.08. The van der Waals surface area contributed by atoms with E-state index < -0.39 is 8.80 Å². The van der Waals surface area contributed by atoms with Crippen LogP contribution >= 0.6 is 0 Å². The van der Waals surface area contributed by atoms with Gasteiger partial charge in [-0.25, -0.2) is 0 Å². The molecule has 0 aromatic heterocycles. The number of rotatable bonds is 3. The van der Waals surface area contributed by atoms with E-state index in [0.29, 0.717) is 0 Å². The van der Waals surface area contributed by atoms with E-state index in [1.807, 2.05) is 6.55 Å². The van der Waals surface area contributed by atoms with Crippen molar-refractivity contribution in [1.82, 2.24) is 0 Å². The summed E-state index contributed by atoms with van der Waals surface area (Å²) in [4.78, 5) is 0. The molecular formula is C8H24O4Si2. The molecule has 0 heterocycles. The molecule has 6 heteroatoms. The third-order valence-corrected chi connectivity index (χ3v) is 5.17. The van der Waals surface area contributed by atoms with Crippen molar-refractivity contribution in [2.45, 2.75) is 32.9 Å². The van der Waals surface area contributed by atoms with Gasteiger partial charge >= 0.3 is 8.80 Å². The Morgan fingerprint density at radius 2 is 1.14 bits per heavy atom. The molecule has 0 saturated carbocycles. The number of hydrogen-bond acceptors (Lipinski definition) is 4. The van der Waals surface area contributed by atoms with E-state index in [0.717, 1.165) is 10.5 Å². The van der Waals surface area contributed by atoms with E-state index in [-0.39, 0.29) is 5.60 Å². The van der Waals surface area contributed by atoms with Crippen LogP contribution in [-0.2, 0) is 17.7 Å². The first-order valence-corrected chi connectivity index (χ1v) is 7.49. The van der Waals surface area contributed by atoms with Gasteiger partial charge in [-0.2, -0.15) is 0 Å². The van der Waals surface area contributed by atoms with Crippen LogP contribution in [0.2, 0.25) is 6.55 Å². The van der Waals surface area contributed by atoms with Crippen LogP contribution in [0.1, 0.15) is 20.8 Å². The van der Waals surface area contributed by atoms with E-state index in [1.165, 1.54) is 0 Å². The molecule has 0 saturated heterocycles. The van der Waals surface area contributed by atoms with Crippen LogP contribution in [0.4, 0.5) is 0 Å². The zero-order valence-electron chi connectivity index (χ0n) is 10.6. The summed E-state index contributed by atoms with van der Waals surface area (Å²) in [5, 5.41) is 0. The quantitative estimate of drug-likeness (QED) is 0.676. The Hall–Kier alpha value is 0.274. The predicted octanol–water partition coefficient (Wildman–Crippen LogP) is 0.576. The molecule has 0 spiro atoms. The molecule has 0 amide bonds. The van der Waals surface area contributed by atoms with Gasteiger partial charge in [0.05, 0.1) is 0 Å². The van der Waals surface area contributed by atoms with Crippen molar-refractivity contribution in [1.29, 1.82) is 0 Å². The second kappa shape index (κ2) is 7.55. The summed E-state index contributed by atoms with van der Waals surface area (Å²) >= 11 is 0. The van der Waals surface area contributed by atoms with Crippen molar-refractivity contribution >= 4 is 19.3 Å². The molecule has 0 atom stereocenters. The summed E-state index contributed by atoms with van der Waals surface area (Å²) < 4.78 is 19.9. The van der Waals surface area contributed by atoms with E-state index >= 15 is 0 Å². The van der Waals surface area contributed by atoms with E-state index in [1.54, 1.807) is 21.3 Å². The van der Waals surface area contributed by atoms with Crippen molar-refractivity contribution in [3.63, 3.8) is 0 Å². The van der Waals surface area contributed by atoms with Crippen LogP contribution in [0.5, 0.6) is 0 Å². The molecule has 88 valence electrons. The average molecular weight is 240 g/mol. The molecule has 14 heavy (non-hydrogen) atoms. The smallest absolute Gasteiger partial charge is 0.423 e. The van der Waals surface area contributed by atoms with E-state index in [4.69, 9.17) is 17.7 Å². The molecular weight excluding hydrogens is 216 g/mol. The van der Waals surface area contributed by atoms with Gasteiger partial charge in [0.1, 0.15) is 10.5 Å². The molecule has 0 radical (unpaired) electrons. The molecule has 0 bridgehead atoms. The molecule has 0 unspecified atom stereocenters. The standard InChI is InChI=1S/C4H12O3Si.C4H12OSi/c1-5-8(4,6-2)7-3;1-4(2,3)5-6/h1-4H3;1-3,6H3. The highest BCUT2D eigenvalue weighted by Gasteiger charge is 2.29. The fourth-order valence-corrected chi connectivity index (χ4v) is 0.750. The molecule has 4 nitrogen and oxygen atoms in total. The normalized spacial score (nSPS) is 12.2. The Labute approximate surface area is 91.8 Å². The molecule has 0 aliphatic heterocycles. The Bertz CT molecular complexity index is 124. The molecule has 0 fully saturated rings. The minimum Gasteiger partial charge on any atom is -0.423 e. The topological polar surface area (TPSA) is 36.9 Å². The Morgan fingerprint density at radius 1 is 0.929 bits per heavy atom. The Balaban J connectivity index is 0. The van der Waals surface area contributed by atoms with Gasteiger partial charge in [0.25, 0.3) is 0 Å². The van der Waals surface area contributed by atoms with Gasteiger partial charge in [-0.3, -0.25) is 0 Å². The maximum atomic E-state index is 5.08. The lowest BCUT2D eigenvalue weighted by atomic mass is 10.2.